The molecule has 0 aromatic rings. The number of carbonyl (C=O) groups excluding carboxylic acids is 1. The lowest BCUT2D eigenvalue weighted by atomic mass is 10.2. The molecule has 0 fully saturated rings. The first-order valence-corrected chi connectivity index (χ1v) is 3.09. The Labute approximate surface area is 71.6 Å². The second-order valence-electron chi connectivity index (χ2n) is 1.62. The van der Waals surface area contributed by atoms with Crippen molar-refractivity contribution in [3.8, 4) is 0 Å². The van der Waals surface area contributed by atoms with Gasteiger partial charge < -0.3 is 4.79 Å². The molecule has 0 aliphatic rings. The highest BCUT2D eigenvalue weighted by Crippen LogP contribution is 1.99. The highest BCUT2D eigenvalue weighted by Gasteiger charge is 1.80. The Morgan fingerprint density at radius 2 is 2.50 bits per heavy atom. The van der Waals surface area contributed by atoms with E-state index >= 15 is 0 Å². The van der Waals surface area contributed by atoms with Crippen LogP contribution in [0.5, 0.6) is 0 Å². The summed E-state index contributed by atoms with van der Waals surface area (Å²) in [6.45, 7) is -0.256. The Bertz CT molecular complexity index is 250. The van der Waals surface area contributed by atoms with Crippen LogP contribution < -0.4 is 0 Å². The van der Waals surface area contributed by atoms with Crippen LogP contribution >= 0.6 is 0 Å². The minimum atomic E-state index is -2.23. The summed E-state index contributed by atoms with van der Waals surface area (Å²) in [4.78, 5) is 10.0. The van der Waals surface area contributed by atoms with Crippen molar-refractivity contribution >= 4 is 6.29 Å². The number of hydrogen-bond acceptors (Lipinski definition) is 1. The fourth-order valence-electron chi connectivity index (χ4n) is 0.373. The standard InChI is InChI=1S/C9H16O/c1-2-3-4-5-6-7-8-9-10/h6-7,9H,2-5,8H2,1H3/b7-6-/i1D,2D,4D2,5D2. The summed E-state index contributed by atoms with van der Waals surface area (Å²) >= 11 is 0. The monoisotopic (exact) mass is 146 g/mol. The minimum Gasteiger partial charge on any atom is -0.303 e. The quantitative estimate of drug-likeness (QED) is 0.416. The van der Waals surface area contributed by atoms with Crippen LogP contribution in [0.3, 0.4) is 0 Å². The minimum absolute atomic E-state index is 0.0400. The summed E-state index contributed by atoms with van der Waals surface area (Å²) in [5, 5.41) is 0. The molecular weight excluding hydrogens is 124 g/mol. The van der Waals surface area contributed by atoms with E-state index in [1.54, 1.807) is 0 Å². The van der Waals surface area contributed by atoms with Gasteiger partial charge in [0.05, 0.1) is 0 Å². The Kier molecular flexibility index (Phi) is 2.70. The normalized spacial score (nSPS) is 25.2. The number of hydrogen-bond donors (Lipinski definition) is 0. The van der Waals surface area contributed by atoms with Crippen molar-refractivity contribution in [1.29, 1.82) is 0 Å². The maximum absolute atomic E-state index is 10.0. The molecule has 0 saturated heterocycles. The van der Waals surface area contributed by atoms with Crippen LogP contribution in [0, 0.1) is 0 Å². The first kappa shape index (κ1) is 3.21. The summed E-state index contributed by atoms with van der Waals surface area (Å²) in [6, 6.07) is 0. The molecule has 0 spiro atoms. The van der Waals surface area contributed by atoms with Crippen LogP contribution in [-0.2, 0) is 4.79 Å². The fraction of sp³-hybridized carbons (Fsp3) is 0.667. The van der Waals surface area contributed by atoms with Crippen LogP contribution in [0.4, 0.5) is 0 Å². The molecule has 0 aromatic carbocycles. The molecule has 0 bridgehead atoms. The number of aldehydes is 1. The lowest BCUT2D eigenvalue weighted by Gasteiger charge is -1.89. The van der Waals surface area contributed by atoms with Gasteiger partial charge in [0.2, 0.25) is 0 Å². The van der Waals surface area contributed by atoms with Crippen molar-refractivity contribution in [2.75, 3.05) is 0 Å². The summed E-state index contributed by atoms with van der Waals surface area (Å²) in [6.07, 6.45) is -2.80. The molecule has 0 heterocycles. The zero-order valence-corrected chi connectivity index (χ0v) is 5.84. The zero-order chi connectivity index (χ0) is 12.8. The van der Waals surface area contributed by atoms with Crippen molar-refractivity contribution in [1.82, 2.24) is 0 Å². The summed E-state index contributed by atoms with van der Waals surface area (Å²) in [5.41, 5.74) is 0. The second-order valence-corrected chi connectivity index (χ2v) is 1.62. The third-order valence-corrected chi connectivity index (χ3v) is 0.782. The fourth-order valence-corrected chi connectivity index (χ4v) is 0.373. The average molecular weight is 146 g/mol. The van der Waals surface area contributed by atoms with Gasteiger partial charge in [0, 0.05) is 14.6 Å². The first-order valence-electron chi connectivity index (χ1n) is 6.38. The lowest BCUT2D eigenvalue weighted by molar-refractivity contribution is -0.107. The summed E-state index contributed by atoms with van der Waals surface area (Å²) in [7, 11) is 0. The molecule has 1 nitrogen and oxygen atoms in total. The molecule has 0 aromatic heterocycles. The first-order chi connectivity index (χ1) is 7.27. The molecule has 0 aliphatic carbocycles. The van der Waals surface area contributed by atoms with Crippen molar-refractivity contribution in [2.45, 2.75) is 38.9 Å². The van der Waals surface area contributed by atoms with E-state index in [4.69, 9.17) is 8.22 Å². The number of allylic oxidation sites excluding steroid dienone is 2. The van der Waals surface area contributed by atoms with Crippen LogP contribution in [0.25, 0.3) is 0 Å². The van der Waals surface area contributed by atoms with Crippen molar-refractivity contribution in [3.05, 3.63) is 12.2 Å². The van der Waals surface area contributed by atoms with Crippen molar-refractivity contribution in [2.24, 2.45) is 0 Å². The topological polar surface area (TPSA) is 17.1 Å². The maximum atomic E-state index is 10.0. The molecule has 0 N–H and O–H groups in total. The largest absolute Gasteiger partial charge is 0.303 e. The zero-order valence-electron chi connectivity index (χ0n) is 11.8. The third kappa shape index (κ3) is 7.41. The van der Waals surface area contributed by atoms with Crippen molar-refractivity contribution < 1.29 is 13.0 Å². The van der Waals surface area contributed by atoms with Crippen LogP contribution in [0.1, 0.15) is 47.1 Å². The van der Waals surface area contributed by atoms with E-state index in [0.29, 0.717) is 6.29 Å². The van der Waals surface area contributed by atoms with Crippen LogP contribution in [0.15, 0.2) is 12.2 Å². The smallest absolute Gasteiger partial charge is 0.123 e. The molecule has 0 rings (SSSR count). The Morgan fingerprint density at radius 1 is 1.60 bits per heavy atom. The van der Waals surface area contributed by atoms with Gasteiger partial charge in [-0.05, 0) is 12.7 Å². The van der Waals surface area contributed by atoms with Crippen molar-refractivity contribution in [3.63, 3.8) is 0 Å². The molecule has 0 amide bonds. The molecule has 0 radical (unpaired) electrons. The van der Waals surface area contributed by atoms with Gasteiger partial charge in [0.1, 0.15) is 6.29 Å². The Morgan fingerprint density at radius 3 is 3.20 bits per heavy atom. The van der Waals surface area contributed by atoms with Crippen LogP contribution in [-0.4, -0.2) is 6.29 Å². The third-order valence-electron chi connectivity index (χ3n) is 0.782. The van der Waals surface area contributed by atoms with E-state index < -0.39 is 19.1 Å². The summed E-state index contributed by atoms with van der Waals surface area (Å²) < 4.78 is 44.3. The predicted molar refractivity (Wildman–Crippen MR) is 44.0 cm³/mol. The molecule has 58 valence electrons. The van der Waals surface area contributed by atoms with Crippen LogP contribution in [0.2, 0.25) is 0 Å². The molecular formula is C9H16O. The number of carbonyl (C=O) groups is 1. The highest BCUT2D eigenvalue weighted by atomic mass is 16.1. The SMILES string of the molecule is [2H]CC([2H])CC([2H])([2H])C([2H])([2H])/C=C\CC=O. The average Bonchev–Trinajstić information content (AvgIpc) is 2.17. The van der Waals surface area contributed by atoms with Gasteiger partial charge in [-0.15, -0.1) is 0 Å². The highest BCUT2D eigenvalue weighted by molar-refractivity contribution is 5.51. The van der Waals surface area contributed by atoms with E-state index in [1.807, 2.05) is 0 Å². The van der Waals surface area contributed by atoms with E-state index in [1.165, 1.54) is 6.08 Å². The molecule has 1 unspecified atom stereocenters. The van der Waals surface area contributed by atoms with Gasteiger partial charge in [0.25, 0.3) is 0 Å². The summed E-state index contributed by atoms with van der Waals surface area (Å²) in [5.74, 6) is 0. The van der Waals surface area contributed by atoms with E-state index in [9.17, 15) is 4.79 Å². The van der Waals surface area contributed by atoms with Gasteiger partial charge in [-0.1, -0.05) is 31.9 Å². The number of rotatable bonds is 6. The maximum Gasteiger partial charge on any atom is 0.123 e. The molecule has 1 heteroatoms. The predicted octanol–water partition coefficient (Wildman–Crippen LogP) is 2.71. The molecule has 1 atom stereocenters. The Balaban J connectivity index is 4.62. The molecule has 0 saturated carbocycles. The Hall–Kier alpha value is -0.590. The van der Waals surface area contributed by atoms with Gasteiger partial charge in [0.15, 0.2) is 0 Å². The van der Waals surface area contributed by atoms with E-state index in [0.717, 1.165) is 6.08 Å². The van der Waals surface area contributed by atoms with E-state index in [-0.39, 0.29) is 19.7 Å². The van der Waals surface area contributed by atoms with Gasteiger partial charge in [-0.3, -0.25) is 0 Å². The van der Waals surface area contributed by atoms with Gasteiger partial charge >= 0.3 is 0 Å². The molecule has 10 heavy (non-hydrogen) atoms. The van der Waals surface area contributed by atoms with Gasteiger partial charge in [-0.25, -0.2) is 0 Å². The van der Waals surface area contributed by atoms with Gasteiger partial charge in [-0.2, -0.15) is 0 Å². The van der Waals surface area contributed by atoms with E-state index in [2.05, 4.69) is 0 Å². The molecule has 0 aliphatic heterocycles. The second kappa shape index (κ2) is 8.41. The lowest BCUT2D eigenvalue weighted by Crippen LogP contribution is -1.71.